The van der Waals surface area contributed by atoms with Gasteiger partial charge in [0.25, 0.3) is 0 Å². The number of nitrogens with zero attached hydrogens (tertiary/aromatic N) is 1. The molecule has 2 N–H and O–H groups in total. The summed E-state index contributed by atoms with van der Waals surface area (Å²) in [5, 5.41) is 21.9. The van der Waals surface area contributed by atoms with Crippen LogP contribution in [-0.2, 0) is 4.74 Å². The molecule has 0 radical (unpaired) electrons. The van der Waals surface area contributed by atoms with E-state index in [1.807, 2.05) is 0 Å². The third-order valence-corrected chi connectivity index (χ3v) is 10.5. The van der Waals surface area contributed by atoms with Crippen molar-refractivity contribution in [2.45, 2.75) is 96.4 Å². The van der Waals surface area contributed by atoms with Gasteiger partial charge >= 0.3 is 0 Å². The van der Waals surface area contributed by atoms with Crippen LogP contribution >= 0.6 is 0 Å². The van der Waals surface area contributed by atoms with Crippen LogP contribution in [0.25, 0.3) is 0 Å². The van der Waals surface area contributed by atoms with E-state index in [4.69, 9.17) is 4.74 Å². The smallest absolute Gasteiger partial charge is 0.0597 e. The SMILES string of the molecule is C[C@]12CC[C@H](OCCN3CCCC3)C[C@@H]1[C@@H](O)C[C@@H]1[C@@H]2CC[C@]2(C)[C@@H](O)CC[C@@H]12. The van der Waals surface area contributed by atoms with Gasteiger partial charge in [-0.1, -0.05) is 13.8 Å². The Balaban J connectivity index is 1.24. The molecule has 0 bridgehead atoms. The van der Waals surface area contributed by atoms with Crippen molar-refractivity contribution in [1.82, 2.24) is 4.90 Å². The van der Waals surface area contributed by atoms with E-state index >= 15 is 0 Å². The second kappa shape index (κ2) is 7.76. The molecule has 1 heterocycles. The molecule has 29 heavy (non-hydrogen) atoms. The molecule has 0 aromatic rings. The minimum atomic E-state index is -0.189. The molecule has 1 aliphatic heterocycles. The van der Waals surface area contributed by atoms with Crippen LogP contribution in [0.4, 0.5) is 0 Å². The Labute approximate surface area is 177 Å². The molecule has 0 amide bonds. The summed E-state index contributed by atoms with van der Waals surface area (Å²) >= 11 is 0. The minimum absolute atomic E-state index is 0.0972. The van der Waals surface area contributed by atoms with E-state index in [-0.39, 0.29) is 23.0 Å². The van der Waals surface area contributed by atoms with Crippen molar-refractivity contribution in [2.75, 3.05) is 26.2 Å². The Bertz CT molecular complexity index is 593. The fourth-order valence-electron chi connectivity index (χ4n) is 8.74. The molecule has 0 aromatic carbocycles. The Kier molecular flexibility index (Phi) is 5.55. The maximum atomic E-state index is 11.3. The average molecular weight is 406 g/mol. The molecule has 4 nitrogen and oxygen atoms in total. The predicted octanol–water partition coefficient (Wildman–Crippen LogP) is 3.84. The first-order valence-electron chi connectivity index (χ1n) is 12.6. The Morgan fingerprint density at radius 2 is 1.59 bits per heavy atom. The third-order valence-electron chi connectivity index (χ3n) is 10.5. The molecule has 0 spiro atoms. The number of aliphatic hydroxyl groups excluding tert-OH is 2. The monoisotopic (exact) mass is 405 g/mol. The molecular formula is C25H43NO3. The summed E-state index contributed by atoms with van der Waals surface area (Å²) in [6, 6.07) is 0. The van der Waals surface area contributed by atoms with Crippen molar-refractivity contribution in [3.8, 4) is 0 Å². The molecule has 4 saturated carbocycles. The van der Waals surface area contributed by atoms with E-state index in [1.54, 1.807) is 0 Å². The summed E-state index contributed by atoms with van der Waals surface area (Å²) in [5.41, 5.74) is 0.353. The van der Waals surface area contributed by atoms with Gasteiger partial charge in [-0.3, -0.25) is 0 Å². The highest BCUT2D eigenvalue weighted by molar-refractivity contribution is 5.11. The molecule has 5 fully saturated rings. The zero-order valence-corrected chi connectivity index (χ0v) is 18.7. The summed E-state index contributed by atoms with van der Waals surface area (Å²) in [4.78, 5) is 2.53. The molecule has 0 unspecified atom stereocenters. The lowest BCUT2D eigenvalue weighted by Gasteiger charge is -2.62. The summed E-state index contributed by atoms with van der Waals surface area (Å²) in [6.45, 7) is 9.24. The zero-order valence-electron chi connectivity index (χ0n) is 18.7. The first kappa shape index (κ1) is 20.7. The van der Waals surface area contributed by atoms with Crippen molar-refractivity contribution in [3.63, 3.8) is 0 Å². The van der Waals surface area contributed by atoms with Crippen molar-refractivity contribution >= 4 is 0 Å². The predicted molar refractivity (Wildman–Crippen MR) is 115 cm³/mol. The zero-order chi connectivity index (χ0) is 20.2. The van der Waals surface area contributed by atoms with Gasteiger partial charge in [0.1, 0.15) is 0 Å². The number of rotatable bonds is 4. The highest BCUT2D eigenvalue weighted by atomic mass is 16.5. The molecule has 9 atom stereocenters. The topological polar surface area (TPSA) is 52.9 Å². The Hall–Kier alpha value is -0.160. The number of aliphatic hydroxyl groups is 2. The van der Waals surface area contributed by atoms with E-state index in [9.17, 15) is 10.2 Å². The average Bonchev–Trinajstić information content (AvgIpc) is 3.31. The maximum absolute atomic E-state index is 11.3. The standard InChI is InChI=1S/C25H43NO3/c1-24-9-7-17(29-14-13-26-11-3-4-12-26)15-21(24)22(27)16-18-19-5-6-23(28)25(19,2)10-8-20(18)24/h17-23,27-28H,3-16H2,1-2H3/t17-,18-,19-,20-,21+,22-,23-,24+,25-/m0/s1. The van der Waals surface area contributed by atoms with Crippen LogP contribution < -0.4 is 0 Å². The van der Waals surface area contributed by atoms with Gasteiger partial charge in [-0.2, -0.15) is 0 Å². The van der Waals surface area contributed by atoms with Gasteiger partial charge in [0, 0.05) is 6.54 Å². The third kappa shape index (κ3) is 3.41. The second-order valence-corrected chi connectivity index (χ2v) is 11.7. The highest BCUT2D eigenvalue weighted by Gasteiger charge is 2.62. The van der Waals surface area contributed by atoms with Gasteiger partial charge in [0.15, 0.2) is 0 Å². The minimum Gasteiger partial charge on any atom is -0.393 e. The quantitative estimate of drug-likeness (QED) is 0.746. The maximum Gasteiger partial charge on any atom is 0.0597 e. The van der Waals surface area contributed by atoms with Crippen molar-refractivity contribution in [3.05, 3.63) is 0 Å². The molecule has 166 valence electrons. The number of ether oxygens (including phenoxy) is 1. The van der Waals surface area contributed by atoms with Gasteiger partial charge in [-0.25, -0.2) is 0 Å². The van der Waals surface area contributed by atoms with E-state index < -0.39 is 0 Å². The molecule has 0 aromatic heterocycles. The van der Waals surface area contributed by atoms with Crippen LogP contribution in [0.15, 0.2) is 0 Å². The molecule has 5 rings (SSSR count). The van der Waals surface area contributed by atoms with Gasteiger partial charge in [-0.15, -0.1) is 0 Å². The highest BCUT2D eigenvalue weighted by Crippen LogP contribution is 2.66. The normalized spacial score (nSPS) is 52.8. The van der Waals surface area contributed by atoms with E-state index in [0.717, 1.165) is 51.2 Å². The number of hydrogen-bond donors (Lipinski definition) is 2. The molecule has 4 heteroatoms. The number of hydrogen-bond acceptors (Lipinski definition) is 4. The van der Waals surface area contributed by atoms with Crippen LogP contribution in [0.3, 0.4) is 0 Å². The lowest BCUT2D eigenvalue weighted by molar-refractivity contribution is -0.179. The number of likely N-dealkylation sites (tertiary alicyclic amines) is 1. The van der Waals surface area contributed by atoms with Gasteiger partial charge in [0.05, 0.1) is 24.9 Å². The first-order valence-corrected chi connectivity index (χ1v) is 12.6. The lowest BCUT2D eigenvalue weighted by Crippen LogP contribution is -2.58. The summed E-state index contributed by atoms with van der Waals surface area (Å²) in [7, 11) is 0. The van der Waals surface area contributed by atoms with Crippen LogP contribution in [0.1, 0.15) is 78.1 Å². The largest absolute Gasteiger partial charge is 0.393 e. The fraction of sp³-hybridized carbons (Fsp3) is 1.00. The summed E-state index contributed by atoms with van der Waals surface area (Å²) < 4.78 is 6.34. The first-order chi connectivity index (χ1) is 13.9. The molecule has 1 saturated heterocycles. The summed E-state index contributed by atoms with van der Waals surface area (Å²) in [5.74, 6) is 2.34. The van der Waals surface area contributed by atoms with Crippen molar-refractivity contribution in [2.24, 2.45) is 34.5 Å². The molecule has 5 aliphatic rings. The van der Waals surface area contributed by atoms with E-state index in [2.05, 4.69) is 18.7 Å². The van der Waals surface area contributed by atoms with Crippen LogP contribution in [-0.4, -0.2) is 59.7 Å². The van der Waals surface area contributed by atoms with Crippen LogP contribution in [0, 0.1) is 34.5 Å². The summed E-state index contributed by atoms with van der Waals surface area (Å²) in [6.07, 6.45) is 11.6. The van der Waals surface area contributed by atoms with E-state index in [1.165, 1.54) is 45.2 Å². The van der Waals surface area contributed by atoms with Crippen molar-refractivity contribution in [1.29, 1.82) is 0 Å². The van der Waals surface area contributed by atoms with Gasteiger partial charge in [0.2, 0.25) is 0 Å². The van der Waals surface area contributed by atoms with Crippen molar-refractivity contribution < 1.29 is 14.9 Å². The van der Waals surface area contributed by atoms with Gasteiger partial charge < -0.3 is 19.8 Å². The van der Waals surface area contributed by atoms with Gasteiger partial charge in [-0.05, 0) is 112 Å². The lowest BCUT2D eigenvalue weighted by atomic mass is 9.44. The molecule has 4 aliphatic carbocycles. The van der Waals surface area contributed by atoms with Crippen LogP contribution in [0.5, 0.6) is 0 Å². The number of fused-ring (bicyclic) bond motifs is 5. The fourth-order valence-corrected chi connectivity index (χ4v) is 8.74. The van der Waals surface area contributed by atoms with Crippen LogP contribution in [0.2, 0.25) is 0 Å². The Morgan fingerprint density at radius 3 is 2.38 bits per heavy atom. The second-order valence-electron chi connectivity index (χ2n) is 11.7. The van der Waals surface area contributed by atoms with E-state index in [0.29, 0.717) is 23.9 Å². The Morgan fingerprint density at radius 1 is 0.862 bits per heavy atom. The molecular weight excluding hydrogens is 362 g/mol.